The van der Waals surface area contributed by atoms with Crippen LogP contribution >= 0.6 is 24.8 Å². The fourth-order valence-electron chi connectivity index (χ4n) is 1.83. The lowest BCUT2D eigenvalue weighted by Crippen LogP contribution is -2.28. The molecular weight excluding hydrogens is 259 g/mol. The first-order valence-electron chi connectivity index (χ1n) is 5.68. The van der Waals surface area contributed by atoms with Crippen molar-refractivity contribution < 1.29 is 4.74 Å². The van der Waals surface area contributed by atoms with E-state index in [1.807, 2.05) is 6.20 Å². The molecule has 1 saturated heterocycles. The SMILES string of the molecule is CCc1cncc(OC[C@@H]2CCCN2)c1.Cl.Cl. The van der Waals surface area contributed by atoms with Crippen molar-refractivity contribution in [1.82, 2.24) is 10.3 Å². The van der Waals surface area contributed by atoms with Gasteiger partial charge < -0.3 is 10.1 Å². The Bertz CT molecular complexity index is 317. The van der Waals surface area contributed by atoms with Gasteiger partial charge in [0.1, 0.15) is 12.4 Å². The molecule has 2 rings (SSSR count). The van der Waals surface area contributed by atoms with E-state index in [-0.39, 0.29) is 24.8 Å². The summed E-state index contributed by atoms with van der Waals surface area (Å²) in [5, 5.41) is 3.41. The van der Waals surface area contributed by atoms with Crippen LogP contribution in [0.3, 0.4) is 0 Å². The third-order valence-corrected chi connectivity index (χ3v) is 2.79. The molecule has 0 bridgehead atoms. The summed E-state index contributed by atoms with van der Waals surface area (Å²) < 4.78 is 5.71. The highest BCUT2D eigenvalue weighted by Crippen LogP contribution is 2.13. The van der Waals surface area contributed by atoms with Gasteiger partial charge in [-0.25, -0.2) is 0 Å². The maximum atomic E-state index is 5.71. The van der Waals surface area contributed by atoms with Crippen molar-refractivity contribution >= 4 is 24.8 Å². The summed E-state index contributed by atoms with van der Waals surface area (Å²) in [5.41, 5.74) is 1.23. The molecule has 0 saturated carbocycles. The fraction of sp³-hybridized carbons (Fsp3) is 0.583. The lowest BCUT2D eigenvalue weighted by molar-refractivity contribution is 0.276. The van der Waals surface area contributed by atoms with Gasteiger partial charge in [0, 0.05) is 12.2 Å². The average molecular weight is 279 g/mol. The third-order valence-electron chi connectivity index (χ3n) is 2.79. The van der Waals surface area contributed by atoms with E-state index in [4.69, 9.17) is 4.74 Å². The van der Waals surface area contributed by atoms with Crippen molar-refractivity contribution in [3.63, 3.8) is 0 Å². The largest absolute Gasteiger partial charge is 0.490 e. The Morgan fingerprint density at radius 3 is 2.88 bits per heavy atom. The molecule has 0 spiro atoms. The van der Waals surface area contributed by atoms with Crippen molar-refractivity contribution in [3.05, 3.63) is 24.0 Å². The van der Waals surface area contributed by atoms with E-state index in [1.165, 1.54) is 18.4 Å². The predicted octanol–water partition coefficient (Wildman–Crippen LogP) is 2.62. The highest BCUT2D eigenvalue weighted by Gasteiger charge is 2.14. The van der Waals surface area contributed by atoms with Crippen LogP contribution in [-0.2, 0) is 6.42 Å². The minimum Gasteiger partial charge on any atom is -0.490 e. The Balaban J connectivity index is 0.00000128. The molecule has 2 heterocycles. The van der Waals surface area contributed by atoms with Gasteiger partial charge in [-0.05, 0) is 37.4 Å². The van der Waals surface area contributed by atoms with Crippen molar-refractivity contribution in [1.29, 1.82) is 0 Å². The van der Waals surface area contributed by atoms with Gasteiger partial charge in [-0.2, -0.15) is 0 Å². The van der Waals surface area contributed by atoms with Crippen molar-refractivity contribution in [2.75, 3.05) is 13.2 Å². The van der Waals surface area contributed by atoms with Gasteiger partial charge in [-0.3, -0.25) is 4.98 Å². The van der Waals surface area contributed by atoms with Crippen molar-refractivity contribution in [2.45, 2.75) is 32.2 Å². The molecule has 1 aromatic heterocycles. The standard InChI is InChI=1S/C12H18N2O.2ClH/c1-2-10-6-12(8-13-7-10)15-9-11-4-3-5-14-11;;/h6-8,11,14H,2-5,9H2,1H3;2*1H/t11-;;/m0../s1. The second-order valence-electron chi connectivity index (χ2n) is 3.99. The molecule has 0 radical (unpaired) electrons. The minimum atomic E-state index is 0. The molecule has 1 atom stereocenters. The van der Waals surface area contributed by atoms with Crippen LogP contribution in [-0.4, -0.2) is 24.2 Å². The average Bonchev–Trinajstić information content (AvgIpc) is 2.79. The van der Waals surface area contributed by atoms with Crippen LogP contribution in [0, 0.1) is 0 Å². The van der Waals surface area contributed by atoms with Crippen molar-refractivity contribution in [2.24, 2.45) is 0 Å². The monoisotopic (exact) mass is 278 g/mol. The number of nitrogens with zero attached hydrogens (tertiary/aromatic N) is 1. The normalized spacial score (nSPS) is 18.1. The van der Waals surface area contributed by atoms with E-state index in [2.05, 4.69) is 23.3 Å². The Labute approximate surface area is 115 Å². The van der Waals surface area contributed by atoms with E-state index in [0.717, 1.165) is 25.3 Å². The van der Waals surface area contributed by atoms with E-state index in [1.54, 1.807) is 6.20 Å². The van der Waals surface area contributed by atoms with Crippen LogP contribution in [0.4, 0.5) is 0 Å². The third kappa shape index (κ3) is 5.11. The fourth-order valence-corrected chi connectivity index (χ4v) is 1.83. The Hall–Kier alpha value is -0.510. The molecule has 3 nitrogen and oxygen atoms in total. The zero-order chi connectivity index (χ0) is 10.5. The lowest BCUT2D eigenvalue weighted by atomic mass is 10.2. The molecule has 0 aliphatic carbocycles. The molecule has 1 N–H and O–H groups in total. The van der Waals surface area contributed by atoms with Crippen LogP contribution in [0.15, 0.2) is 18.5 Å². The van der Waals surface area contributed by atoms with Gasteiger partial charge in [0.05, 0.1) is 6.20 Å². The zero-order valence-electron chi connectivity index (χ0n) is 10.0. The van der Waals surface area contributed by atoms with E-state index in [9.17, 15) is 0 Å². The zero-order valence-corrected chi connectivity index (χ0v) is 11.6. The number of pyridine rings is 1. The van der Waals surface area contributed by atoms with Gasteiger partial charge in [-0.1, -0.05) is 6.92 Å². The molecule has 17 heavy (non-hydrogen) atoms. The number of halogens is 2. The number of aromatic nitrogens is 1. The second-order valence-corrected chi connectivity index (χ2v) is 3.99. The highest BCUT2D eigenvalue weighted by atomic mass is 35.5. The van der Waals surface area contributed by atoms with Crippen LogP contribution < -0.4 is 10.1 Å². The summed E-state index contributed by atoms with van der Waals surface area (Å²) in [5.74, 6) is 0.892. The summed E-state index contributed by atoms with van der Waals surface area (Å²) in [6.45, 7) is 4.01. The number of ether oxygens (including phenoxy) is 1. The van der Waals surface area contributed by atoms with E-state index in [0.29, 0.717) is 6.04 Å². The topological polar surface area (TPSA) is 34.1 Å². The molecule has 5 heteroatoms. The van der Waals surface area contributed by atoms with Crippen LogP contribution in [0.2, 0.25) is 0 Å². The number of hydrogen-bond acceptors (Lipinski definition) is 3. The molecule has 1 aliphatic rings. The first kappa shape index (κ1) is 16.5. The minimum absolute atomic E-state index is 0. The Kier molecular flexibility index (Phi) is 8.30. The molecule has 0 amide bonds. The van der Waals surface area contributed by atoms with Crippen molar-refractivity contribution in [3.8, 4) is 5.75 Å². The van der Waals surface area contributed by atoms with E-state index < -0.39 is 0 Å². The van der Waals surface area contributed by atoms with Gasteiger partial charge in [0.15, 0.2) is 0 Å². The van der Waals surface area contributed by atoms with Gasteiger partial charge in [-0.15, -0.1) is 24.8 Å². The van der Waals surface area contributed by atoms with Gasteiger partial charge in [0.2, 0.25) is 0 Å². The molecule has 1 fully saturated rings. The number of aryl methyl sites for hydroxylation is 1. The molecule has 98 valence electrons. The summed E-state index contributed by atoms with van der Waals surface area (Å²) in [7, 11) is 0. The maximum Gasteiger partial charge on any atom is 0.137 e. The summed E-state index contributed by atoms with van der Waals surface area (Å²) in [6.07, 6.45) is 7.17. The number of hydrogen-bond donors (Lipinski definition) is 1. The van der Waals surface area contributed by atoms with Gasteiger partial charge >= 0.3 is 0 Å². The Morgan fingerprint density at radius 2 is 2.24 bits per heavy atom. The highest BCUT2D eigenvalue weighted by molar-refractivity contribution is 5.85. The Morgan fingerprint density at radius 1 is 1.41 bits per heavy atom. The lowest BCUT2D eigenvalue weighted by Gasteiger charge is -2.12. The molecule has 1 aliphatic heterocycles. The van der Waals surface area contributed by atoms with Crippen LogP contribution in [0.25, 0.3) is 0 Å². The first-order valence-corrected chi connectivity index (χ1v) is 5.68. The molecular formula is C12H20Cl2N2O. The van der Waals surface area contributed by atoms with Crippen LogP contribution in [0.5, 0.6) is 5.75 Å². The second kappa shape index (κ2) is 8.56. The van der Waals surface area contributed by atoms with Gasteiger partial charge in [0.25, 0.3) is 0 Å². The predicted molar refractivity (Wildman–Crippen MR) is 74.6 cm³/mol. The summed E-state index contributed by atoms with van der Waals surface area (Å²) in [4.78, 5) is 4.16. The quantitative estimate of drug-likeness (QED) is 0.920. The smallest absolute Gasteiger partial charge is 0.137 e. The van der Waals surface area contributed by atoms with Crippen LogP contribution in [0.1, 0.15) is 25.3 Å². The molecule has 0 unspecified atom stereocenters. The first-order chi connectivity index (χ1) is 7.38. The maximum absolute atomic E-state index is 5.71. The summed E-state index contributed by atoms with van der Waals surface area (Å²) in [6, 6.07) is 2.59. The number of rotatable bonds is 4. The van der Waals surface area contributed by atoms with E-state index >= 15 is 0 Å². The summed E-state index contributed by atoms with van der Waals surface area (Å²) >= 11 is 0. The molecule has 0 aromatic carbocycles. The molecule has 1 aromatic rings. The number of nitrogens with one attached hydrogen (secondary N) is 1.